The minimum absolute atomic E-state index is 0.0542. The third-order valence-electron chi connectivity index (χ3n) is 2.61. The van der Waals surface area contributed by atoms with Gasteiger partial charge in [0.15, 0.2) is 5.88 Å². The van der Waals surface area contributed by atoms with Gasteiger partial charge in [-0.1, -0.05) is 0 Å². The van der Waals surface area contributed by atoms with Gasteiger partial charge in [-0.2, -0.15) is 0 Å². The molecule has 3 atom stereocenters. The summed E-state index contributed by atoms with van der Waals surface area (Å²) >= 11 is 0. The smallest absolute Gasteiger partial charge is 0.351 e. The Labute approximate surface area is 109 Å². The van der Waals surface area contributed by atoms with Crippen molar-refractivity contribution in [1.82, 2.24) is 0 Å². The second-order valence-electron chi connectivity index (χ2n) is 4.06. The number of allylic oxidation sites excluding steroid dienone is 2. The maximum atomic E-state index is 10.4. The van der Waals surface area contributed by atoms with Gasteiger partial charge in [0.05, 0.1) is 6.10 Å². The maximum Gasteiger partial charge on any atom is 0.351 e. The van der Waals surface area contributed by atoms with Crippen LogP contribution in [0.25, 0.3) is 0 Å². The standard InChI is InChI=1S/C11H18N2O6/c12-6(11(16)17)1-2-9(13)19-5-8-10(15)7(14)3-4-18-8/h1-2,7-8,10,14-15H,3-5,12-13H2,(H,16,17)/b6-1-,9-2+. The van der Waals surface area contributed by atoms with Crippen LogP contribution in [-0.4, -0.2) is 52.8 Å². The molecular formula is C11H18N2O6. The zero-order valence-corrected chi connectivity index (χ0v) is 10.2. The van der Waals surface area contributed by atoms with Gasteiger partial charge in [-0.25, -0.2) is 4.79 Å². The number of carboxylic acid groups (broad SMARTS) is 1. The fourth-order valence-corrected chi connectivity index (χ4v) is 1.47. The number of carbonyl (C=O) groups is 1. The van der Waals surface area contributed by atoms with Crippen molar-refractivity contribution in [3.8, 4) is 0 Å². The highest BCUT2D eigenvalue weighted by atomic mass is 16.5. The van der Waals surface area contributed by atoms with Crippen molar-refractivity contribution >= 4 is 5.97 Å². The van der Waals surface area contributed by atoms with Crippen LogP contribution in [0.4, 0.5) is 0 Å². The van der Waals surface area contributed by atoms with E-state index in [2.05, 4.69) is 0 Å². The van der Waals surface area contributed by atoms with Crippen LogP contribution >= 0.6 is 0 Å². The molecule has 0 radical (unpaired) electrons. The lowest BCUT2D eigenvalue weighted by Gasteiger charge is -2.31. The molecule has 1 fully saturated rings. The van der Waals surface area contributed by atoms with Crippen LogP contribution in [0.5, 0.6) is 0 Å². The quantitative estimate of drug-likeness (QED) is 0.225. The van der Waals surface area contributed by atoms with Crippen LogP contribution < -0.4 is 11.5 Å². The van der Waals surface area contributed by atoms with Crippen LogP contribution in [0.2, 0.25) is 0 Å². The molecule has 8 heteroatoms. The largest absolute Gasteiger partial charge is 0.477 e. The predicted octanol–water partition coefficient (Wildman–Crippen LogP) is -1.76. The molecule has 0 aliphatic carbocycles. The molecule has 19 heavy (non-hydrogen) atoms. The lowest BCUT2D eigenvalue weighted by atomic mass is 10.0. The number of hydrogen-bond acceptors (Lipinski definition) is 7. The topological polar surface area (TPSA) is 148 Å². The highest BCUT2D eigenvalue weighted by Gasteiger charge is 2.31. The molecule has 0 aromatic heterocycles. The average molecular weight is 274 g/mol. The second-order valence-corrected chi connectivity index (χ2v) is 4.06. The van der Waals surface area contributed by atoms with Gasteiger partial charge in [0.2, 0.25) is 0 Å². The molecule has 0 aromatic rings. The van der Waals surface area contributed by atoms with E-state index in [0.717, 1.165) is 6.08 Å². The zero-order chi connectivity index (χ0) is 14.4. The third-order valence-corrected chi connectivity index (χ3v) is 2.61. The monoisotopic (exact) mass is 274 g/mol. The van der Waals surface area contributed by atoms with Crippen LogP contribution in [0.1, 0.15) is 6.42 Å². The van der Waals surface area contributed by atoms with E-state index in [9.17, 15) is 15.0 Å². The van der Waals surface area contributed by atoms with E-state index in [0.29, 0.717) is 13.0 Å². The Kier molecular flexibility index (Phi) is 5.61. The molecule has 7 N–H and O–H groups in total. The SMILES string of the molecule is N/C(=C\C=C(/N)OCC1OCCC(O)C1O)C(=O)O. The van der Waals surface area contributed by atoms with Crippen LogP contribution in [0.15, 0.2) is 23.7 Å². The molecule has 0 bridgehead atoms. The van der Waals surface area contributed by atoms with Gasteiger partial charge in [-0.05, 0) is 18.6 Å². The van der Waals surface area contributed by atoms with Gasteiger partial charge in [-0.3, -0.25) is 0 Å². The lowest BCUT2D eigenvalue weighted by Crippen LogP contribution is -2.46. The molecule has 1 aliphatic heterocycles. The molecule has 0 amide bonds. The van der Waals surface area contributed by atoms with Gasteiger partial charge in [0, 0.05) is 6.61 Å². The van der Waals surface area contributed by atoms with Crippen molar-refractivity contribution < 1.29 is 29.6 Å². The van der Waals surface area contributed by atoms with Crippen molar-refractivity contribution in [3.05, 3.63) is 23.7 Å². The Bertz CT molecular complexity index is 381. The van der Waals surface area contributed by atoms with Crippen LogP contribution in [0.3, 0.4) is 0 Å². The zero-order valence-electron chi connectivity index (χ0n) is 10.2. The molecule has 1 saturated heterocycles. The molecular weight excluding hydrogens is 256 g/mol. The number of rotatable bonds is 5. The summed E-state index contributed by atoms with van der Waals surface area (Å²) in [6.45, 7) is 0.267. The molecule has 8 nitrogen and oxygen atoms in total. The van der Waals surface area contributed by atoms with Crippen molar-refractivity contribution in [2.75, 3.05) is 13.2 Å². The van der Waals surface area contributed by atoms with E-state index >= 15 is 0 Å². The number of ether oxygens (including phenoxy) is 2. The first kappa shape index (κ1) is 15.3. The maximum absolute atomic E-state index is 10.4. The van der Waals surface area contributed by atoms with Gasteiger partial charge in [0.1, 0.15) is 24.5 Å². The van der Waals surface area contributed by atoms with Crippen molar-refractivity contribution in [2.24, 2.45) is 11.5 Å². The van der Waals surface area contributed by atoms with Gasteiger partial charge in [0.25, 0.3) is 0 Å². The number of nitrogens with two attached hydrogens (primary N) is 2. The first-order valence-corrected chi connectivity index (χ1v) is 5.68. The number of hydrogen-bond donors (Lipinski definition) is 5. The summed E-state index contributed by atoms with van der Waals surface area (Å²) in [5.41, 5.74) is 10.2. The fourth-order valence-electron chi connectivity index (χ4n) is 1.47. The van der Waals surface area contributed by atoms with E-state index < -0.39 is 24.3 Å². The minimum atomic E-state index is -1.27. The summed E-state index contributed by atoms with van der Waals surface area (Å²) in [7, 11) is 0. The molecule has 3 unspecified atom stereocenters. The summed E-state index contributed by atoms with van der Waals surface area (Å²) in [5.74, 6) is -1.33. The number of aliphatic carboxylic acids is 1. The van der Waals surface area contributed by atoms with E-state index in [1.807, 2.05) is 0 Å². The highest BCUT2D eigenvalue weighted by molar-refractivity contribution is 5.85. The summed E-state index contributed by atoms with van der Waals surface area (Å²) in [6, 6.07) is 0. The molecule has 1 aliphatic rings. The normalized spacial score (nSPS) is 29.1. The fraction of sp³-hybridized carbons (Fsp3) is 0.545. The van der Waals surface area contributed by atoms with Crippen molar-refractivity contribution in [2.45, 2.75) is 24.7 Å². The third kappa shape index (κ3) is 4.78. The molecule has 1 heterocycles. The Morgan fingerprint density at radius 3 is 2.68 bits per heavy atom. The predicted molar refractivity (Wildman–Crippen MR) is 64.5 cm³/mol. The van der Waals surface area contributed by atoms with E-state index in [-0.39, 0.29) is 18.2 Å². The summed E-state index contributed by atoms with van der Waals surface area (Å²) in [4.78, 5) is 10.4. The molecule has 0 aromatic carbocycles. The van der Waals surface area contributed by atoms with Gasteiger partial charge in [-0.15, -0.1) is 0 Å². The lowest BCUT2D eigenvalue weighted by molar-refractivity contribution is -0.150. The molecule has 0 saturated carbocycles. The Morgan fingerprint density at radius 1 is 1.37 bits per heavy atom. The average Bonchev–Trinajstić information content (AvgIpc) is 2.37. The Hall–Kier alpha value is -1.77. The highest BCUT2D eigenvalue weighted by Crippen LogP contribution is 2.15. The van der Waals surface area contributed by atoms with Crippen LogP contribution in [0, 0.1) is 0 Å². The van der Waals surface area contributed by atoms with E-state index in [1.54, 1.807) is 0 Å². The first-order chi connectivity index (χ1) is 8.91. The Morgan fingerprint density at radius 2 is 2.05 bits per heavy atom. The van der Waals surface area contributed by atoms with Crippen molar-refractivity contribution in [3.63, 3.8) is 0 Å². The molecule has 1 rings (SSSR count). The minimum Gasteiger partial charge on any atom is -0.477 e. The van der Waals surface area contributed by atoms with Crippen molar-refractivity contribution in [1.29, 1.82) is 0 Å². The summed E-state index contributed by atoms with van der Waals surface area (Å²) in [5, 5.41) is 27.6. The molecule has 0 spiro atoms. The van der Waals surface area contributed by atoms with E-state index in [1.165, 1.54) is 6.08 Å². The second kappa shape index (κ2) is 6.98. The van der Waals surface area contributed by atoms with Gasteiger partial charge >= 0.3 is 5.97 Å². The van der Waals surface area contributed by atoms with Gasteiger partial charge < -0.3 is 36.3 Å². The number of carboxylic acids is 1. The Balaban J connectivity index is 2.45. The number of aliphatic hydroxyl groups excluding tert-OH is 2. The van der Waals surface area contributed by atoms with E-state index in [4.69, 9.17) is 26.0 Å². The molecule has 108 valence electrons. The first-order valence-electron chi connectivity index (χ1n) is 5.68. The van der Waals surface area contributed by atoms with Crippen LogP contribution in [-0.2, 0) is 14.3 Å². The summed E-state index contributed by atoms with van der Waals surface area (Å²) < 4.78 is 10.3. The number of aliphatic hydroxyl groups is 2. The summed E-state index contributed by atoms with van der Waals surface area (Å²) in [6.07, 6.45) is 0.0634.